The van der Waals surface area contributed by atoms with E-state index in [1.165, 1.54) is 22.3 Å². The molecule has 5 aromatic rings. The zero-order chi connectivity index (χ0) is 21.9. The van der Waals surface area contributed by atoms with Crippen LogP contribution in [0.1, 0.15) is 0 Å². The van der Waals surface area contributed by atoms with Crippen LogP contribution in [0, 0.1) is 0 Å². The van der Waals surface area contributed by atoms with Crippen molar-refractivity contribution in [2.75, 3.05) is 0 Å². The van der Waals surface area contributed by atoms with Crippen LogP contribution in [0.15, 0.2) is 122 Å². The zero-order valence-corrected chi connectivity index (χ0v) is 18.3. The third kappa shape index (κ3) is 4.16. The molecule has 4 nitrogen and oxygen atoms in total. The van der Waals surface area contributed by atoms with Gasteiger partial charge in [0.1, 0.15) is 14.1 Å². The standard InChI is InChI=1S/C28H26N4/c1-29-15-7-23(8-16-29)25-11-19-31(20-12-25)27-3-5-28(6-4-27)32-21-13-26(14-22-32)24-9-17-30(2)18-10-24/h3-22H,1-2H3/q+4. The Labute approximate surface area is 188 Å². The van der Waals surface area contributed by atoms with Crippen LogP contribution in [0.2, 0.25) is 0 Å². The lowest BCUT2D eigenvalue weighted by Crippen LogP contribution is -2.31. The topological polar surface area (TPSA) is 15.5 Å². The summed E-state index contributed by atoms with van der Waals surface area (Å²) in [6.07, 6.45) is 16.7. The molecule has 0 N–H and O–H groups in total. The maximum atomic E-state index is 2.15. The first kappa shape index (κ1) is 19.8. The lowest BCUT2D eigenvalue weighted by molar-refractivity contribution is -0.671. The molecule has 0 unspecified atom stereocenters. The van der Waals surface area contributed by atoms with Gasteiger partial charge in [0.15, 0.2) is 49.6 Å². The van der Waals surface area contributed by atoms with Crippen LogP contribution in [0.4, 0.5) is 0 Å². The van der Waals surface area contributed by atoms with Crippen molar-refractivity contribution in [3.63, 3.8) is 0 Å². The Kier molecular flexibility index (Phi) is 5.26. The summed E-state index contributed by atoms with van der Waals surface area (Å²) in [5.74, 6) is 0. The average Bonchev–Trinajstić information content (AvgIpc) is 2.85. The molecule has 0 saturated carbocycles. The number of nitrogens with zero attached hydrogens (tertiary/aromatic N) is 4. The molecule has 0 bridgehead atoms. The van der Waals surface area contributed by atoms with Gasteiger partial charge in [-0.15, -0.1) is 0 Å². The van der Waals surface area contributed by atoms with Crippen molar-refractivity contribution >= 4 is 0 Å². The van der Waals surface area contributed by atoms with Crippen LogP contribution in [0.25, 0.3) is 33.6 Å². The van der Waals surface area contributed by atoms with Crippen molar-refractivity contribution in [2.45, 2.75) is 0 Å². The maximum Gasteiger partial charge on any atom is 0.211 e. The molecule has 0 aliphatic heterocycles. The molecule has 0 saturated heterocycles. The molecule has 0 aliphatic carbocycles. The molecule has 0 amide bonds. The molecule has 0 radical (unpaired) electrons. The van der Waals surface area contributed by atoms with Gasteiger partial charge in [0, 0.05) is 72.8 Å². The summed E-state index contributed by atoms with van der Waals surface area (Å²) >= 11 is 0. The van der Waals surface area contributed by atoms with Gasteiger partial charge in [0.25, 0.3) is 0 Å². The highest BCUT2D eigenvalue weighted by atomic mass is 15.0. The van der Waals surface area contributed by atoms with E-state index in [-0.39, 0.29) is 0 Å². The SMILES string of the molecule is C[n+]1ccc(-c2cc[n+](-c3ccc(-[n+]4ccc(-c5cc[n+](C)cc5)cc4)cc3)cc2)cc1. The van der Waals surface area contributed by atoms with Gasteiger partial charge in [-0.1, -0.05) is 0 Å². The summed E-state index contributed by atoms with van der Waals surface area (Å²) < 4.78 is 8.36. The molecule has 154 valence electrons. The van der Waals surface area contributed by atoms with E-state index in [0.29, 0.717) is 0 Å². The van der Waals surface area contributed by atoms with Crippen molar-refractivity contribution in [3.8, 4) is 33.6 Å². The number of hydrogen-bond acceptors (Lipinski definition) is 0. The van der Waals surface area contributed by atoms with Crippen LogP contribution >= 0.6 is 0 Å². The van der Waals surface area contributed by atoms with Crippen molar-refractivity contribution < 1.29 is 18.3 Å². The Morgan fingerprint density at radius 3 is 0.875 bits per heavy atom. The van der Waals surface area contributed by atoms with Gasteiger partial charge in [0.2, 0.25) is 11.4 Å². The van der Waals surface area contributed by atoms with E-state index in [9.17, 15) is 0 Å². The molecule has 4 heteroatoms. The smallest absolute Gasteiger partial charge is 0.208 e. The second kappa shape index (κ2) is 8.52. The van der Waals surface area contributed by atoms with Gasteiger partial charge in [-0.05, 0) is 22.3 Å². The largest absolute Gasteiger partial charge is 0.211 e. The van der Waals surface area contributed by atoms with E-state index in [4.69, 9.17) is 0 Å². The Morgan fingerprint density at radius 2 is 0.594 bits per heavy atom. The fourth-order valence-corrected chi connectivity index (χ4v) is 3.77. The van der Waals surface area contributed by atoms with E-state index in [1.54, 1.807) is 0 Å². The summed E-state index contributed by atoms with van der Waals surface area (Å²) in [6, 6.07) is 25.7. The maximum absolute atomic E-state index is 2.15. The molecule has 4 aromatic heterocycles. The summed E-state index contributed by atoms with van der Waals surface area (Å²) in [6.45, 7) is 0. The highest BCUT2D eigenvalue weighted by Gasteiger charge is 2.11. The zero-order valence-electron chi connectivity index (χ0n) is 18.3. The number of pyridine rings is 4. The highest BCUT2D eigenvalue weighted by molar-refractivity contribution is 5.61. The van der Waals surface area contributed by atoms with Gasteiger partial charge in [0.05, 0.1) is 0 Å². The summed E-state index contributed by atoms with van der Waals surface area (Å²) in [5.41, 5.74) is 7.12. The number of aryl methyl sites for hydroxylation is 2. The van der Waals surface area contributed by atoms with Gasteiger partial charge < -0.3 is 0 Å². The first-order valence-corrected chi connectivity index (χ1v) is 10.7. The summed E-state index contributed by atoms with van der Waals surface area (Å²) in [7, 11) is 4.06. The molecule has 0 spiro atoms. The Bertz CT molecular complexity index is 1210. The number of hydrogen-bond donors (Lipinski definition) is 0. The lowest BCUT2D eigenvalue weighted by Gasteiger charge is -2.02. The normalized spacial score (nSPS) is 10.8. The monoisotopic (exact) mass is 418 g/mol. The molecule has 0 fully saturated rings. The fourth-order valence-electron chi connectivity index (χ4n) is 3.77. The summed E-state index contributed by atoms with van der Waals surface area (Å²) in [5, 5.41) is 0. The summed E-state index contributed by atoms with van der Waals surface area (Å²) in [4.78, 5) is 0. The molecular weight excluding hydrogens is 392 g/mol. The van der Waals surface area contributed by atoms with Crippen LogP contribution in [0.3, 0.4) is 0 Å². The minimum absolute atomic E-state index is 1.13. The Morgan fingerprint density at radius 1 is 0.344 bits per heavy atom. The minimum atomic E-state index is 1.13. The van der Waals surface area contributed by atoms with Gasteiger partial charge in [-0.2, -0.15) is 9.13 Å². The first-order valence-electron chi connectivity index (χ1n) is 10.7. The van der Waals surface area contributed by atoms with Crippen LogP contribution in [0.5, 0.6) is 0 Å². The van der Waals surface area contributed by atoms with Crippen molar-refractivity contribution in [2.24, 2.45) is 14.1 Å². The first-order chi connectivity index (χ1) is 15.7. The molecule has 1 aromatic carbocycles. The van der Waals surface area contributed by atoms with Crippen LogP contribution in [-0.2, 0) is 14.1 Å². The molecule has 4 heterocycles. The second-order valence-electron chi connectivity index (χ2n) is 8.01. The van der Waals surface area contributed by atoms with Gasteiger partial charge in [-0.25, -0.2) is 9.13 Å². The van der Waals surface area contributed by atoms with Crippen molar-refractivity contribution in [1.29, 1.82) is 0 Å². The van der Waals surface area contributed by atoms with E-state index >= 15 is 0 Å². The molecule has 5 rings (SSSR count). The molecule has 0 aliphatic rings. The van der Waals surface area contributed by atoms with Crippen molar-refractivity contribution in [3.05, 3.63) is 122 Å². The van der Waals surface area contributed by atoms with Crippen LogP contribution in [-0.4, -0.2) is 0 Å². The van der Waals surface area contributed by atoms with E-state index < -0.39 is 0 Å². The predicted molar refractivity (Wildman–Crippen MR) is 123 cm³/mol. The van der Waals surface area contributed by atoms with E-state index in [2.05, 4.69) is 132 Å². The Balaban J connectivity index is 1.33. The average molecular weight is 419 g/mol. The third-order valence-electron chi connectivity index (χ3n) is 5.73. The minimum Gasteiger partial charge on any atom is -0.208 e. The second-order valence-corrected chi connectivity index (χ2v) is 8.01. The molecule has 32 heavy (non-hydrogen) atoms. The highest BCUT2D eigenvalue weighted by Crippen LogP contribution is 2.17. The Hall–Kier alpha value is -4.18. The van der Waals surface area contributed by atoms with Crippen LogP contribution < -0.4 is 18.3 Å². The number of benzene rings is 1. The quantitative estimate of drug-likeness (QED) is 0.399. The number of aromatic nitrogens is 4. The molecule has 0 atom stereocenters. The predicted octanol–water partition coefficient (Wildman–Crippen LogP) is 3.22. The fraction of sp³-hybridized carbons (Fsp3) is 0.0714. The van der Waals surface area contributed by atoms with Gasteiger partial charge >= 0.3 is 0 Å². The number of rotatable bonds is 4. The molecular formula is C28H26N4+4. The third-order valence-corrected chi connectivity index (χ3v) is 5.73. The van der Waals surface area contributed by atoms with E-state index in [1.807, 2.05) is 23.2 Å². The van der Waals surface area contributed by atoms with Crippen molar-refractivity contribution in [1.82, 2.24) is 0 Å². The van der Waals surface area contributed by atoms with E-state index in [0.717, 1.165) is 11.4 Å². The van der Waals surface area contributed by atoms with Gasteiger partial charge in [-0.3, -0.25) is 0 Å². The lowest BCUT2D eigenvalue weighted by atomic mass is 10.1.